The zero-order valence-corrected chi connectivity index (χ0v) is 22.6. The quantitative estimate of drug-likeness (QED) is 0.436. The molecule has 3 aromatic rings. The zero-order valence-electron chi connectivity index (χ0n) is 22.6. The molecule has 4 heterocycles. The van der Waals surface area contributed by atoms with Gasteiger partial charge in [-0.15, -0.1) is 0 Å². The molecule has 0 radical (unpaired) electrons. The maximum Gasteiger partial charge on any atom is 0.318 e. The molecule has 3 aliphatic rings. The van der Waals surface area contributed by atoms with Gasteiger partial charge in [0.2, 0.25) is 0 Å². The van der Waals surface area contributed by atoms with Crippen molar-refractivity contribution >= 4 is 22.5 Å². The van der Waals surface area contributed by atoms with E-state index in [1.807, 2.05) is 6.07 Å². The van der Waals surface area contributed by atoms with E-state index in [1.165, 1.54) is 32.4 Å². The molecule has 208 valence electrons. The molecule has 0 atom stereocenters. The van der Waals surface area contributed by atoms with Gasteiger partial charge in [0.15, 0.2) is 0 Å². The molecule has 3 fully saturated rings. The van der Waals surface area contributed by atoms with E-state index < -0.39 is 0 Å². The van der Waals surface area contributed by atoms with Crippen LogP contribution in [0.4, 0.5) is 11.5 Å². The van der Waals surface area contributed by atoms with Crippen molar-refractivity contribution in [3.8, 4) is 11.8 Å². The van der Waals surface area contributed by atoms with Gasteiger partial charge in [-0.3, -0.25) is 9.88 Å². The molecule has 2 aliphatic heterocycles. The summed E-state index contributed by atoms with van der Waals surface area (Å²) in [4.78, 5) is 22.9. The van der Waals surface area contributed by atoms with Crippen LogP contribution in [0.3, 0.4) is 0 Å². The van der Waals surface area contributed by atoms with Gasteiger partial charge in [-0.2, -0.15) is 4.98 Å². The van der Waals surface area contributed by atoms with Crippen LogP contribution in [0.25, 0.3) is 11.0 Å². The van der Waals surface area contributed by atoms with Crippen molar-refractivity contribution in [2.75, 3.05) is 62.8 Å². The number of fused-ring (bicyclic) bond motifs is 1. The number of aromatic nitrogens is 4. The van der Waals surface area contributed by atoms with E-state index in [4.69, 9.17) is 14.2 Å². The lowest BCUT2D eigenvalue weighted by Crippen LogP contribution is -2.36. The van der Waals surface area contributed by atoms with Crippen LogP contribution in [0, 0.1) is 0 Å². The Morgan fingerprint density at radius 2 is 1.72 bits per heavy atom. The van der Waals surface area contributed by atoms with Gasteiger partial charge in [0.1, 0.15) is 23.7 Å². The van der Waals surface area contributed by atoms with Crippen molar-refractivity contribution in [2.24, 2.45) is 0 Å². The summed E-state index contributed by atoms with van der Waals surface area (Å²) >= 11 is 0. The average Bonchev–Trinajstić information content (AvgIpc) is 2.99. The van der Waals surface area contributed by atoms with E-state index in [0.717, 1.165) is 86.8 Å². The maximum atomic E-state index is 6.57. The number of benzene rings is 1. The third-order valence-corrected chi connectivity index (χ3v) is 7.94. The highest BCUT2D eigenvalue weighted by Crippen LogP contribution is 2.33. The molecule has 10 nitrogen and oxygen atoms in total. The van der Waals surface area contributed by atoms with Crippen LogP contribution < -0.4 is 19.7 Å². The summed E-state index contributed by atoms with van der Waals surface area (Å²) in [6.07, 6.45) is 13.2. The lowest BCUT2D eigenvalue weighted by atomic mass is 9.93. The number of nitrogens with one attached hydrogen (secondary N) is 1. The predicted molar refractivity (Wildman–Crippen MR) is 151 cm³/mol. The fourth-order valence-corrected chi connectivity index (χ4v) is 5.78. The molecular formula is C29H39N7O3. The Morgan fingerprint density at radius 3 is 2.56 bits per heavy atom. The largest absolute Gasteiger partial charge is 0.488 e. The third kappa shape index (κ3) is 6.86. The first kappa shape index (κ1) is 26.0. The molecule has 10 heteroatoms. The number of hydrogen-bond donors (Lipinski definition) is 1. The molecule has 0 unspecified atom stereocenters. The molecule has 2 saturated heterocycles. The summed E-state index contributed by atoms with van der Waals surface area (Å²) < 4.78 is 18.0. The second-order valence-electron chi connectivity index (χ2n) is 10.7. The Kier molecular flexibility index (Phi) is 8.50. The molecule has 39 heavy (non-hydrogen) atoms. The minimum atomic E-state index is 0.146. The van der Waals surface area contributed by atoms with Crippen LogP contribution in [-0.4, -0.2) is 89.5 Å². The summed E-state index contributed by atoms with van der Waals surface area (Å²) in [5, 5.41) is 3.59. The maximum absolute atomic E-state index is 6.57. The smallest absolute Gasteiger partial charge is 0.318 e. The molecule has 2 aromatic heterocycles. The Hall–Kier alpha value is -3.24. The van der Waals surface area contributed by atoms with E-state index in [-0.39, 0.29) is 6.10 Å². The van der Waals surface area contributed by atoms with Crippen LogP contribution in [0.1, 0.15) is 44.9 Å². The lowest BCUT2D eigenvalue weighted by molar-refractivity contribution is 0.122. The van der Waals surface area contributed by atoms with Gasteiger partial charge in [-0.05, 0) is 63.7 Å². The molecule has 0 amide bonds. The fourth-order valence-electron chi connectivity index (χ4n) is 5.78. The number of likely N-dealkylation sites (tertiary alicyclic amines) is 1. The Labute approximate surface area is 230 Å². The predicted octanol–water partition coefficient (Wildman–Crippen LogP) is 3.92. The van der Waals surface area contributed by atoms with Gasteiger partial charge in [0.25, 0.3) is 0 Å². The second-order valence-corrected chi connectivity index (χ2v) is 10.7. The minimum Gasteiger partial charge on any atom is -0.488 e. The average molecular weight is 534 g/mol. The number of hydrogen-bond acceptors (Lipinski definition) is 10. The van der Waals surface area contributed by atoms with Crippen molar-refractivity contribution in [1.82, 2.24) is 24.8 Å². The molecule has 1 aliphatic carbocycles. The zero-order chi connectivity index (χ0) is 26.3. The number of morpholine rings is 1. The Balaban J connectivity index is 1.02. The minimum absolute atomic E-state index is 0.146. The van der Waals surface area contributed by atoms with Gasteiger partial charge in [-0.1, -0.05) is 6.42 Å². The third-order valence-electron chi connectivity index (χ3n) is 7.94. The summed E-state index contributed by atoms with van der Waals surface area (Å²) in [6, 6.07) is 6.94. The summed E-state index contributed by atoms with van der Waals surface area (Å²) in [5.74, 6) is 1.64. The van der Waals surface area contributed by atoms with E-state index in [0.29, 0.717) is 18.7 Å². The van der Waals surface area contributed by atoms with Crippen LogP contribution in [0.2, 0.25) is 0 Å². The summed E-state index contributed by atoms with van der Waals surface area (Å²) in [7, 11) is 0. The molecule has 0 bridgehead atoms. The van der Waals surface area contributed by atoms with E-state index in [1.54, 1.807) is 18.6 Å². The first-order valence-electron chi connectivity index (χ1n) is 14.5. The fraction of sp³-hybridized carbons (Fsp3) is 0.586. The highest BCUT2D eigenvalue weighted by molar-refractivity contribution is 5.85. The summed E-state index contributed by atoms with van der Waals surface area (Å²) in [6.45, 7) is 7.11. The topological polar surface area (TPSA) is 97.8 Å². The molecule has 1 saturated carbocycles. The SMILES string of the molecule is c1cc(N[C@H]2CC[C@@H](Oc3cc(N4CCOCC4)cc4nccnc34)CC2)nc(OCCN2CCCCC2)n1. The second kappa shape index (κ2) is 12.7. The van der Waals surface area contributed by atoms with E-state index in [9.17, 15) is 0 Å². The van der Waals surface area contributed by atoms with Crippen molar-refractivity contribution in [3.63, 3.8) is 0 Å². The number of ether oxygens (including phenoxy) is 3. The number of nitrogens with zero attached hydrogens (tertiary/aromatic N) is 6. The van der Waals surface area contributed by atoms with Gasteiger partial charge >= 0.3 is 6.01 Å². The van der Waals surface area contributed by atoms with Crippen LogP contribution in [0.15, 0.2) is 36.8 Å². The Bertz CT molecular complexity index is 1210. The van der Waals surface area contributed by atoms with Crippen LogP contribution in [-0.2, 0) is 4.74 Å². The number of piperidine rings is 1. The van der Waals surface area contributed by atoms with E-state index in [2.05, 4.69) is 47.2 Å². The summed E-state index contributed by atoms with van der Waals surface area (Å²) in [5.41, 5.74) is 2.81. The van der Waals surface area contributed by atoms with Gasteiger partial charge in [0, 0.05) is 56.0 Å². The highest BCUT2D eigenvalue weighted by atomic mass is 16.5. The highest BCUT2D eigenvalue weighted by Gasteiger charge is 2.24. The standard InChI is InChI=1S/C29H39N7O3/c1-2-12-35(13-3-1)14-19-38-29-32-9-8-27(34-29)33-22-4-6-24(7-5-22)39-26-21-23(36-15-17-37-18-16-36)20-25-28(26)31-11-10-30-25/h8-11,20-22,24H,1-7,12-19H2,(H,32,33,34)/t22-,24+. The normalized spacial score (nSPS) is 22.5. The van der Waals surface area contributed by atoms with Crippen molar-refractivity contribution < 1.29 is 14.2 Å². The first-order valence-corrected chi connectivity index (χ1v) is 14.5. The van der Waals surface area contributed by atoms with Gasteiger partial charge in [-0.25, -0.2) is 9.97 Å². The monoisotopic (exact) mass is 533 g/mol. The van der Waals surface area contributed by atoms with E-state index >= 15 is 0 Å². The van der Waals surface area contributed by atoms with Gasteiger partial charge in [0.05, 0.1) is 24.8 Å². The molecule has 0 spiro atoms. The molecular weight excluding hydrogens is 494 g/mol. The van der Waals surface area contributed by atoms with Crippen molar-refractivity contribution in [2.45, 2.75) is 57.1 Å². The molecule has 1 N–H and O–H groups in total. The van der Waals surface area contributed by atoms with Crippen molar-refractivity contribution in [3.05, 3.63) is 36.8 Å². The van der Waals surface area contributed by atoms with Crippen LogP contribution >= 0.6 is 0 Å². The lowest BCUT2D eigenvalue weighted by Gasteiger charge is -2.31. The Morgan fingerprint density at radius 1 is 0.897 bits per heavy atom. The van der Waals surface area contributed by atoms with Gasteiger partial charge < -0.3 is 24.4 Å². The molecule has 1 aromatic carbocycles. The number of anilines is 2. The molecule has 6 rings (SSSR count). The van der Waals surface area contributed by atoms with Crippen molar-refractivity contribution in [1.29, 1.82) is 0 Å². The van der Waals surface area contributed by atoms with Crippen LogP contribution in [0.5, 0.6) is 11.8 Å². The number of rotatable bonds is 9. The first-order chi connectivity index (χ1) is 19.3.